The highest BCUT2D eigenvalue weighted by Gasteiger charge is 2.30. The second kappa shape index (κ2) is 5.86. The van der Waals surface area contributed by atoms with Crippen LogP contribution in [0.4, 0.5) is 0 Å². The molecule has 0 spiro atoms. The molecule has 1 aromatic heterocycles. The Hall–Kier alpha value is -2.93. The Morgan fingerprint density at radius 2 is 1.80 bits per heavy atom. The standard InChI is InChI=1S/C18H16N4O2S/c1-22-12-14(17(20-22)13-7-3-2-4-8-13)11-19-18-15-9-5-6-10-16(15)25(23,24)21-18/h2-10,12H,11H2,1H3,(H,19,21). The maximum absolute atomic E-state index is 12.2. The van der Waals surface area contributed by atoms with Crippen molar-refractivity contribution in [2.45, 2.75) is 11.4 Å². The SMILES string of the molecule is Cn1cc(CN=C2NS(=O)(=O)c3ccccc32)c(-c2ccccc2)n1. The van der Waals surface area contributed by atoms with Crippen LogP contribution in [0.25, 0.3) is 11.3 Å². The first-order valence-electron chi connectivity index (χ1n) is 7.79. The Bertz CT molecular complexity index is 1070. The number of amidine groups is 1. The molecule has 1 aliphatic heterocycles. The lowest BCUT2D eigenvalue weighted by Crippen LogP contribution is -2.22. The van der Waals surface area contributed by atoms with E-state index in [9.17, 15) is 8.42 Å². The number of aryl methyl sites for hydroxylation is 1. The molecule has 3 aromatic rings. The zero-order chi connectivity index (χ0) is 17.4. The Morgan fingerprint density at radius 1 is 1.08 bits per heavy atom. The van der Waals surface area contributed by atoms with Crippen molar-refractivity contribution in [1.29, 1.82) is 0 Å². The number of aliphatic imine (C=N–C) groups is 1. The van der Waals surface area contributed by atoms with Gasteiger partial charge in [0.2, 0.25) is 0 Å². The van der Waals surface area contributed by atoms with Gasteiger partial charge in [-0.3, -0.25) is 14.4 Å². The van der Waals surface area contributed by atoms with Gasteiger partial charge < -0.3 is 0 Å². The summed E-state index contributed by atoms with van der Waals surface area (Å²) in [5, 5.41) is 4.51. The fraction of sp³-hybridized carbons (Fsp3) is 0.111. The van der Waals surface area contributed by atoms with Crippen LogP contribution >= 0.6 is 0 Å². The van der Waals surface area contributed by atoms with Crippen LogP contribution < -0.4 is 4.72 Å². The van der Waals surface area contributed by atoms with E-state index in [-0.39, 0.29) is 4.90 Å². The summed E-state index contributed by atoms with van der Waals surface area (Å²) in [7, 11) is -1.66. The lowest BCUT2D eigenvalue weighted by Gasteiger charge is -2.01. The van der Waals surface area contributed by atoms with E-state index in [1.807, 2.05) is 43.6 Å². The molecule has 126 valence electrons. The van der Waals surface area contributed by atoms with Gasteiger partial charge in [-0.2, -0.15) is 5.10 Å². The van der Waals surface area contributed by atoms with Crippen molar-refractivity contribution in [3.8, 4) is 11.3 Å². The predicted octanol–water partition coefficient (Wildman–Crippen LogP) is 2.33. The molecule has 0 atom stereocenters. The number of fused-ring (bicyclic) bond motifs is 1. The van der Waals surface area contributed by atoms with E-state index in [4.69, 9.17) is 0 Å². The Labute approximate surface area is 145 Å². The molecule has 1 aliphatic rings. The number of hydrogen-bond acceptors (Lipinski definition) is 4. The third-order valence-electron chi connectivity index (χ3n) is 4.02. The van der Waals surface area contributed by atoms with Crippen molar-refractivity contribution in [3.63, 3.8) is 0 Å². The van der Waals surface area contributed by atoms with Crippen LogP contribution in [-0.2, 0) is 23.6 Å². The van der Waals surface area contributed by atoms with Crippen molar-refractivity contribution in [3.05, 3.63) is 71.9 Å². The Balaban J connectivity index is 1.71. The highest BCUT2D eigenvalue weighted by molar-refractivity contribution is 7.90. The molecule has 0 fully saturated rings. The van der Waals surface area contributed by atoms with Crippen LogP contribution in [0.2, 0.25) is 0 Å². The first kappa shape index (κ1) is 15.6. The largest absolute Gasteiger partial charge is 0.275 e. The number of nitrogens with zero attached hydrogens (tertiary/aromatic N) is 3. The number of hydrogen-bond donors (Lipinski definition) is 1. The summed E-state index contributed by atoms with van der Waals surface area (Å²) < 4.78 is 28.6. The van der Waals surface area contributed by atoms with E-state index in [1.165, 1.54) is 0 Å². The predicted molar refractivity (Wildman–Crippen MR) is 95.6 cm³/mol. The summed E-state index contributed by atoms with van der Waals surface area (Å²) in [6.07, 6.45) is 1.90. The summed E-state index contributed by atoms with van der Waals surface area (Å²) in [4.78, 5) is 4.77. The monoisotopic (exact) mass is 352 g/mol. The van der Waals surface area contributed by atoms with Crippen molar-refractivity contribution >= 4 is 15.9 Å². The van der Waals surface area contributed by atoms with Gasteiger partial charge in [0.25, 0.3) is 10.0 Å². The van der Waals surface area contributed by atoms with Crippen LogP contribution in [-0.4, -0.2) is 24.0 Å². The summed E-state index contributed by atoms with van der Waals surface area (Å²) in [6.45, 7) is 0.338. The molecule has 0 amide bonds. The normalized spacial score (nSPS) is 16.6. The van der Waals surface area contributed by atoms with Crippen molar-refractivity contribution < 1.29 is 8.42 Å². The first-order chi connectivity index (χ1) is 12.0. The quantitative estimate of drug-likeness (QED) is 0.786. The average Bonchev–Trinajstić information content (AvgIpc) is 3.11. The Morgan fingerprint density at radius 3 is 2.60 bits per heavy atom. The van der Waals surface area contributed by atoms with Gasteiger partial charge in [-0.25, -0.2) is 8.42 Å². The van der Waals surface area contributed by atoms with Gasteiger partial charge in [-0.05, 0) is 12.1 Å². The van der Waals surface area contributed by atoms with Crippen LogP contribution in [0.5, 0.6) is 0 Å². The van der Waals surface area contributed by atoms with Gasteiger partial charge in [0.05, 0.1) is 17.1 Å². The van der Waals surface area contributed by atoms with Crippen molar-refractivity contribution in [2.75, 3.05) is 0 Å². The molecule has 0 bridgehead atoms. The summed E-state index contributed by atoms with van der Waals surface area (Å²) in [6, 6.07) is 16.7. The molecule has 4 rings (SSSR count). The van der Waals surface area contributed by atoms with E-state index in [2.05, 4.69) is 14.8 Å². The molecule has 1 N–H and O–H groups in total. The van der Waals surface area contributed by atoms with Crippen LogP contribution in [0, 0.1) is 0 Å². The van der Waals surface area contributed by atoms with Crippen LogP contribution in [0.1, 0.15) is 11.1 Å². The molecule has 7 heteroatoms. The van der Waals surface area contributed by atoms with E-state index in [0.29, 0.717) is 17.9 Å². The molecule has 6 nitrogen and oxygen atoms in total. The third kappa shape index (κ3) is 2.83. The number of nitrogens with one attached hydrogen (secondary N) is 1. The molecule has 0 aliphatic carbocycles. The van der Waals surface area contributed by atoms with Crippen LogP contribution in [0.15, 0.2) is 70.7 Å². The lowest BCUT2D eigenvalue weighted by atomic mass is 10.1. The molecule has 2 aromatic carbocycles. The van der Waals surface area contributed by atoms with Gasteiger partial charge in [-0.1, -0.05) is 42.5 Å². The fourth-order valence-corrected chi connectivity index (χ4v) is 4.16. The summed E-state index contributed by atoms with van der Waals surface area (Å²) in [5.74, 6) is 0.374. The van der Waals surface area contributed by atoms with Crippen molar-refractivity contribution in [1.82, 2.24) is 14.5 Å². The molecule has 0 radical (unpaired) electrons. The van der Waals surface area contributed by atoms with Crippen molar-refractivity contribution in [2.24, 2.45) is 12.0 Å². The van der Waals surface area contributed by atoms with Gasteiger partial charge in [-0.15, -0.1) is 0 Å². The Kier molecular flexibility index (Phi) is 3.65. The minimum Gasteiger partial charge on any atom is -0.275 e. The number of rotatable bonds is 3. The summed E-state index contributed by atoms with van der Waals surface area (Å²) in [5.41, 5.74) is 3.39. The smallest absolute Gasteiger partial charge is 0.263 e. The second-order valence-corrected chi connectivity index (χ2v) is 7.46. The molecule has 0 saturated heterocycles. The summed E-state index contributed by atoms with van der Waals surface area (Å²) >= 11 is 0. The molecule has 0 unspecified atom stereocenters. The van der Waals surface area contributed by atoms with E-state index < -0.39 is 10.0 Å². The first-order valence-corrected chi connectivity index (χ1v) is 9.27. The number of sulfonamides is 1. The maximum atomic E-state index is 12.2. The molecular formula is C18H16N4O2S. The zero-order valence-electron chi connectivity index (χ0n) is 13.5. The highest BCUT2D eigenvalue weighted by atomic mass is 32.2. The third-order valence-corrected chi connectivity index (χ3v) is 5.42. The van der Waals surface area contributed by atoms with E-state index >= 15 is 0 Å². The van der Waals surface area contributed by atoms with Gasteiger partial charge >= 0.3 is 0 Å². The molecule has 25 heavy (non-hydrogen) atoms. The zero-order valence-corrected chi connectivity index (χ0v) is 14.4. The topological polar surface area (TPSA) is 76.3 Å². The lowest BCUT2D eigenvalue weighted by molar-refractivity contribution is 0.595. The minimum absolute atomic E-state index is 0.267. The minimum atomic E-state index is -3.52. The number of aromatic nitrogens is 2. The van der Waals surface area contributed by atoms with Gasteiger partial charge in [0, 0.05) is 29.9 Å². The second-order valence-electron chi connectivity index (χ2n) is 5.81. The van der Waals surface area contributed by atoms with E-state index in [1.54, 1.807) is 28.9 Å². The molecule has 0 saturated carbocycles. The maximum Gasteiger partial charge on any atom is 0.263 e. The number of benzene rings is 2. The van der Waals surface area contributed by atoms with Gasteiger partial charge in [0.15, 0.2) is 0 Å². The highest BCUT2D eigenvalue weighted by Crippen LogP contribution is 2.25. The average molecular weight is 352 g/mol. The molecule has 2 heterocycles. The van der Waals surface area contributed by atoms with Gasteiger partial charge in [0.1, 0.15) is 5.84 Å². The fourth-order valence-electron chi connectivity index (χ4n) is 2.91. The molecular weight excluding hydrogens is 336 g/mol. The van der Waals surface area contributed by atoms with Crippen LogP contribution in [0.3, 0.4) is 0 Å². The van der Waals surface area contributed by atoms with E-state index in [0.717, 1.165) is 16.8 Å².